The summed E-state index contributed by atoms with van der Waals surface area (Å²) in [5.41, 5.74) is 6.19. The van der Waals surface area contributed by atoms with E-state index >= 15 is 0 Å². The predicted molar refractivity (Wildman–Crippen MR) is 111 cm³/mol. The molecular formula is C25H32O2. The Morgan fingerprint density at radius 1 is 0.778 bits per heavy atom. The zero-order valence-electron chi connectivity index (χ0n) is 17.3. The molecule has 5 rings (SSSR count). The number of fused-ring (bicyclic) bond motifs is 2. The molecule has 0 unspecified atom stereocenters. The number of phenols is 2. The fourth-order valence-electron chi connectivity index (χ4n) is 6.19. The third-order valence-corrected chi connectivity index (χ3v) is 7.11. The van der Waals surface area contributed by atoms with Crippen LogP contribution in [-0.2, 0) is 0 Å². The third-order valence-electron chi connectivity index (χ3n) is 7.11. The van der Waals surface area contributed by atoms with Gasteiger partial charge < -0.3 is 10.2 Å². The first-order valence-corrected chi connectivity index (χ1v) is 10.3. The van der Waals surface area contributed by atoms with E-state index in [9.17, 15) is 10.2 Å². The highest BCUT2D eigenvalue weighted by atomic mass is 16.3. The molecule has 0 heterocycles. The standard InChI is InChI=1S/C25H32O2/c1-14-6-16(3)23(26)20(8-14)22(21-9-15(2)7-17(4)24(21)27)25(5)12-18-10-19(11-18)13-25/h6-9,18-19,22,26-27H,10-13H2,1-5H3. The zero-order valence-corrected chi connectivity index (χ0v) is 17.3. The van der Waals surface area contributed by atoms with Crippen LogP contribution in [0.5, 0.6) is 11.5 Å². The van der Waals surface area contributed by atoms with Crippen molar-refractivity contribution in [3.63, 3.8) is 0 Å². The maximum absolute atomic E-state index is 11.0. The van der Waals surface area contributed by atoms with Gasteiger partial charge in [-0.1, -0.05) is 42.3 Å². The number of rotatable bonds is 3. The van der Waals surface area contributed by atoms with Gasteiger partial charge >= 0.3 is 0 Å². The number of hydrogen-bond acceptors (Lipinski definition) is 2. The van der Waals surface area contributed by atoms with Crippen LogP contribution >= 0.6 is 0 Å². The fourth-order valence-corrected chi connectivity index (χ4v) is 6.19. The van der Waals surface area contributed by atoms with E-state index in [4.69, 9.17) is 0 Å². The summed E-state index contributed by atoms with van der Waals surface area (Å²) in [5.74, 6) is 2.41. The minimum Gasteiger partial charge on any atom is -0.507 e. The highest BCUT2D eigenvalue weighted by Crippen LogP contribution is 2.62. The average Bonchev–Trinajstić information content (AvgIpc) is 2.55. The third kappa shape index (κ3) is 3.03. The van der Waals surface area contributed by atoms with Crippen molar-refractivity contribution in [2.75, 3.05) is 0 Å². The van der Waals surface area contributed by atoms with Crippen LogP contribution in [0.25, 0.3) is 0 Å². The van der Waals surface area contributed by atoms with E-state index in [-0.39, 0.29) is 11.3 Å². The lowest BCUT2D eigenvalue weighted by atomic mass is 9.50. The summed E-state index contributed by atoms with van der Waals surface area (Å²) in [6, 6.07) is 8.35. The first kappa shape index (κ1) is 18.4. The number of hydrogen-bond donors (Lipinski definition) is 2. The number of aryl methyl sites for hydroxylation is 4. The van der Waals surface area contributed by atoms with Crippen molar-refractivity contribution in [2.45, 2.75) is 66.2 Å². The van der Waals surface area contributed by atoms with E-state index in [1.165, 1.54) is 36.8 Å². The van der Waals surface area contributed by atoms with Crippen LogP contribution in [0.3, 0.4) is 0 Å². The lowest BCUT2D eigenvalue weighted by Gasteiger charge is -2.54. The van der Waals surface area contributed by atoms with Crippen LogP contribution in [0.15, 0.2) is 24.3 Å². The molecule has 3 fully saturated rings. The predicted octanol–water partition coefficient (Wildman–Crippen LogP) is 6.29. The molecule has 27 heavy (non-hydrogen) atoms. The second-order valence-electron chi connectivity index (χ2n) is 9.74. The van der Waals surface area contributed by atoms with Crippen LogP contribution in [0.4, 0.5) is 0 Å². The Balaban J connectivity index is 1.94. The van der Waals surface area contributed by atoms with Gasteiger partial charge in [0.2, 0.25) is 0 Å². The van der Waals surface area contributed by atoms with Gasteiger partial charge in [0.1, 0.15) is 11.5 Å². The molecule has 0 saturated heterocycles. The van der Waals surface area contributed by atoms with Gasteiger partial charge in [0.05, 0.1) is 0 Å². The minimum absolute atomic E-state index is 0.0142. The van der Waals surface area contributed by atoms with Gasteiger partial charge in [-0.2, -0.15) is 0 Å². The second kappa shape index (κ2) is 6.29. The molecule has 0 aliphatic heterocycles. The van der Waals surface area contributed by atoms with Gasteiger partial charge in [0.15, 0.2) is 0 Å². The number of aromatic hydroxyl groups is 2. The quantitative estimate of drug-likeness (QED) is 0.672. The van der Waals surface area contributed by atoms with Crippen LogP contribution < -0.4 is 0 Å². The SMILES string of the molecule is Cc1cc(C)c(O)c(C(c2cc(C)cc(C)c2O)C2(C)CC3CC(C3)C2)c1. The number of benzene rings is 2. The molecule has 0 amide bonds. The molecule has 3 aliphatic rings. The lowest BCUT2D eigenvalue weighted by molar-refractivity contribution is -0.00210. The molecule has 0 atom stereocenters. The van der Waals surface area contributed by atoms with Crippen molar-refractivity contribution in [1.82, 2.24) is 0 Å². The van der Waals surface area contributed by atoms with Crippen LogP contribution in [0.1, 0.15) is 71.9 Å². The van der Waals surface area contributed by atoms with Gasteiger partial charge in [0, 0.05) is 17.0 Å². The van der Waals surface area contributed by atoms with E-state index in [0.29, 0.717) is 11.5 Å². The molecule has 3 aliphatic carbocycles. The first-order chi connectivity index (χ1) is 12.7. The molecule has 2 N–H and O–H groups in total. The molecule has 2 aromatic carbocycles. The topological polar surface area (TPSA) is 40.5 Å². The Kier molecular flexibility index (Phi) is 4.29. The summed E-state index contributed by atoms with van der Waals surface area (Å²) in [7, 11) is 0. The Hall–Kier alpha value is -1.96. The maximum Gasteiger partial charge on any atom is 0.122 e. The summed E-state index contributed by atoms with van der Waals surface area (Å²) in [4.78, 5) is 0. The molecular weight excluding hydrogens is 332 g/mol. The van der Waals surface area contributed by atoms with E-state index in [1.807, 2.05) is 26.0 Å². The average molecular weight is 365 g/mol. The van der Waals surface area contributed by atoms with Crippen molar-refractivity contribution >= 4 is 0 Å². The molecule has 2 aromatic rings. The van der Waals surface area contributed by atoms with Gasteiger partial charge in [0.25, 0.3) is 0 Å². The maximum atomic E-state index is 11.0. The Morgan fingerprint density at radius 3 is 1.59 bits per heavy atom. The van der Waals surface area contributed by atoms with E-state index in [0.717, 1.165) is 34.1 Å². The van der Waals surface area contributed by atoms with Gasteiger partial charge in [-0.15, -0.1) is 0 Å². The summed E-state index contributed by atoms with van der Waals surface area (Å²) in [6.07, 6.45) is 5.07. The van der Waals surface area contributed by atoms with E-state index < -0.39 is 0 Å². The summed E-state index contributed by atoms with van der Waals surface area (Å²) in [6.45, 7) is 10.5. The van der Waals surface area contributed by atoms with Crippen LogP contribution in [0.2, 0.25) is 0 Å². The van der Waals surface area contributed by atoms with Crippen LogP contribution in [-0.4, -0.2) is 10.2 Å². The van der Waals surface area contributed by atoms with Gasteiger partial charge in [-0.25, -0.2) is 0 Å². The molecule has 2 bridgehead atoms. The molecule has 0 aromatic heterocycles. The molecule has 2 heteroatoms. The van der Waals surface area contributed by atoms with Crippen LogP contribution in [0, 0.1) is 44.9 Å². The van der Waals surface area contributed by atoms with Gasteiger partial charge in [-0.05, 0) is 81.8 Å². The van der Waals surface area contributed by atoms with E-state index in [2.05, 4.69) is 32.9 Å². The van der Waals surface area contributed by atoms with E-state index in [1.54, 1.807) is 0 Å². The molecule has 2 nitrogen and oxygen atoms in total. The Morgan fingerprint density at radius 2 is 1.19 bits per heavy atom. The Bertz CT molecular complexity index is 822. The highest BCUT2D eigenvalue weighted by Gasteiger charge is 2.50. The Labute approximate surface area is 163 Å². The zero-order chi connectivity index (χ0) is 19.5. The summed E-state index contributed by atoms with van der Waals surface area (Å²) >= 11 is 0. The molecule has 3 saturated carbocycles. The van der Waals surface area contributed by atoms with Crippen molar-refractivity contribution in [3.05, 3.63) is 57.6 Å². The lowest BCUT2D eigenvalue weighted by Crippen LogP contribution is -2.43. The largest absolute Gasteiger partial charge is 0.507 e. The highest BCUT2D eigenvalue weighted by molar-refractivity contribution is 5.54. The molecule has 0 spiro atoms. The summed E-state index contributed by atoms with van der Waals surface area (Å²) < 4.78 is 0. The number of phenolic OH excluding ortho intramolecular Hbond substituents is 2. The normalized spacial score (nSPS) is 26.9. The van der Waals surface area contributed by atoms with Crippen molar-refractivity contribution in [1.29, 1.82) is 0 Å². The van der Waals surface area contributed by atoms with Crippen molar-refractivity contribution in [2.24, 2.45) is 17.3 Å². The monoisotopic (exact) mass is 364 g/mol. The second-order valence-corrected chi connectivity index (χ2v) is 9.74. The smallest absolute Gasteiger partial charge is 0.122 e. The molecule has 144 valence electrons. The van der Waals surface area contributed by atoms with Crippen molar-refractivity contribution < 1.29 is 10.2 Å². The van der Waals surface area contributed by atoms with Gasteiger partial charge in [-0.3, -0.25) is 0 Å². The summed E-state index contributed by atoms with van der Waals surface area (Å²) in [5, 5.41) is 22.0. The molecule has 0 radical (unpaired) electrons. The first-order valence-electron chi connectivity index (χ1n) is 10.3. The minimum atomic E-state index is 0.0142. The fraction of sp³-hybridized carbons (Fsp3) is 0.520. The van der Waals surface area contributed by atoms with Crippen molar-refractivity contribution in [3.8, 4) is 11.5 Å².